The lowest BCUT2D eigenvalue weighted by Gasteiger charge is -2.19. The number of hydrogen-bond donors (Lipinski definition) is 2. The monoisotopic (exact) mass is 299 g/mol. The van der Waals surface area contributed by atoms with Crippen molar-refractivity contribution in [2.45, 2.75) is 6.04 Å². The average Bonchev–Trinajstić information content (AvgIpc) is 3.16. The zero-order valence-electron chi connectivity index (χ0n) is 12.6. The highest BCUT2D eigenvalue weighted by atomic mass is 16.3. The summed E-state index contributed by atoms with van der Waals surface area (Å²) in [5.74, 6) is 0.965. The summed E-state index contributed by atoms with van der Waals surface area (Å²) in [4.78, 5) is 13.4. The van der Waals surface area contributed by atoms with Gasteiger partial charge in [0.15, 0.2) is 17.6 Å². The molecule has 3 aromatic rings. The van der Waals surface area contributed by atoms with E-state index in [1.54, 1.807) is 12.3 Å². The smallest absolute Gasteiger partial charge is 0.287 e. The van der Waals surface area contributed by atoms with Crippen molar-refractivity contribution in [3.63, 3.8) is 0 Å². The maximum absolute atomic E-state index is 12.3. The Hall–Kier alpha value is -2.53. The summed E-state index contributed by atoms with van der Waals surface area (Å²) in [6, 6.07) is 13.2. The van der Waals surface area contributed by atoms with Crippen molar-refractivity contribution in [2.75, 3.05) is 20.6 Å². The zero-order valence-corrected chi connectivity index (χ0v) is 12.6. The second-order valence-electron chi connectivity index (χ2n) is 5.50. The van der Waals surface area contributed by atoms with Gasteiger partial charge in [-0.3, -0.25) is 4.79 Å². The number of fused-ring (bicyclic) bond motifs is 1. The molecule has 2 aromatic heterocycles. The average molecular weight is 299 g/mol. The van der Waals surface area contributed by atoms with Crippen LogP contribution in [0, 0.1) is 0 Å². The number of furan rings is 2. The van der Waals surface area contributed by atoms with Gasteiger partial charge in [0.1, 0.15) is 5.58 Å². The lowest BCUT2D eigenvalue weighted by atomic mass is 10.2. The van der Waals surface area contributed by atoms with Crippen molar-refractivity contribution in [1.82, 2.24) is 5.32 Å². The number of amides is 1. The molecule has 0 aliphatic rings. The van der Waals surface area contributed by atoms with Crippen molar-refractivity contribution in [1.29, 1.82) is 0 Å². The maximum atomic E-state index is 12.3. The molecule has 22 heavy (non-hydrogen) atoms. The number of likely N-dealkylation sites (N-methyl/N-ethyl adjacent to an activating group) is 1. The predicted octanol–water partition coefficient (Wildman–Crippen LogP) is 1.64. The Bertz CT molecular complexity index is 726. The third-order valence-corrected chi connectivity index (χ3v) is 3.70. The summed E-state index contributed by atoms with van der Waals surface area (Å²) in [7, 11) is 4.06. The molecule has 1 amide bonds. The predicted molar refractivity (Wildman–Crippen MR) is 82.8 cm³/mol. The van der Waals surface area contributed by atoms with Gasteiger partial charge in [-0.1, -0.05) is 18.2 Å². The van der Waals surface area contributed by atoms with E-state index in [1.165, 1.54) is 4.90 Å². The van der Waals surface area contributed by atoms with Crippen molar-refractivity contribution in [2.24, 2.45) is 0 Å². The fraction of sp³-hybridized carbons (Fsp3) is 0.235. The zero-order chi connectivity index (χ0) is 15.5. The first kappa shape index (κ1) is 14.4. The fourth-order valence-corrected chi connectivity index (χ4v) is 2.45. The van der Waals surface area contributed by atoms with E-state index in [-0.39, 0.29) is 11.9 Å². The Morgan fingerprint density at radius 1 is 1.23 bits per heavy atom. The third-order valence-electron chi connectivity index (χ3n) is 3.70. The second-order valence-corrected chi connectivity index (χ2v) is 5.50. The second kappa shape index (κ2) is 6.07. The van der Waals surface area contributed by atoms with Crippen molar-refractivity contribution < 1.29 is 18.5 Å². The van der Waals surface area contributed by atoms with Crippen LogP contribution >= 0.6 is 0 Å². The van der Waals surface area contributed by atoms with E-state index in [9.17, 15) is 4.79 Å². The van der Waals surface area contributed by atoms with Crippen LogP contribution in [-0.2, 0) is 0 Å². The molecule has 114 valence electrons. The molecule has 0 radical (unpaired) electrons. The van der Waals surface area contributed by atoms with Crippen LogP contribution in [0.2, 0.25) is 0 Å². The Morgan fingerprint density at radius 2 is 2.05 bits per heavy atom. The fourth-order valence-electron chi connectivity index (χ4n) is 2.45. The number of carbonyl (C=O) groups is 1. The molecule has 5 heteroatoms. The first-order valence-electron chi connectivity index (χ1n) is 7.25. The molecule has 2 N–H and O–H groups in total. The Balaban J connectivity index is 1.71. The van der Waals surface area contributed by atoms with Gasteiger partial charge >= 0.3 is 0 Å². The van der Waals surface area contributed by atoms with Gasteiger partial charge in [-0.15, -0.1) is 0 Å². The minimum absolute atomic E-state index is 0.0586. The lowest BCUT2D eigenvalue weighted by molar-refractivity contribution is -0.891. The maximum Gasteiger partial charge on any atom is 0.287 e. The van der Waals surface area contributed by atoms with Crippen LogP contribution in [0.1, 0.15) is 22.4 Å². The highest BCUT2D eigenvalue weighted by Crippen LogP contribution is 2.18. The molecule has 5 nitrogen and oxygen atoms in total. The van der Waals surface area contributed by atoms with Crippen molar-refractivity contribution in [3.05, 3.63) is 60.2 Å². The first-order valence-corrected chi connectivity index (χ1v) is 7.25. The lowest BCUT2D eigenvalue weighted by Crippen LogP contribution is -3.07. The molecule has 0 saturated heterocycles. The molecule has 2 heterocycles. The standard InChI is InChI=1S/C17H18N2O3/c1-19(2)13(15-8-5-9-21-15)11-18-17(20)16-10-12-6-3-4-7-14(12)22-16/h3-10,13H,11H2,1-2H3,(H,18,20)/p+1/t13-/m0/s1. The largest absolute Gasteiger partial charge is 0.463 e. The SMILES string of the molecule is C[NH+](C)[C@@H](CNC(=O)c1cc2ccccc2o1)c1ccco1. The molecular formula is C17H19N2O3+. The van der Waals surface area contributed by atoms with Crippen LogP contribution in [0.15, 0.2) is 57.6 Å². The van der Waals surface area contributed by atoms with Crippen LogP contribution in [0.3, 0.4) is 0 Å². The van der Waals surface area contributed by atoms with Gasteiger partial charge in [0.2, 0.25) is 0 Å². The van der Waals surface area contributed by atoms with Crippen LogP contribution in [0.25, 0.3) is 11.0 Å². The van der Waals surface area contributed by atoms with E-state index < -0.39 is 0 Å². The third kappa shape index (κ3) is 2.89. The number of carbonyl (C=O) groups excluding carboxylic acids is 1. The van der Waals surface area contributed by atoms with Crippen molar-refractivity contribution in [3.8, 4) is 0 Å². The molecule has 0 spiro atoms. The summed E-state index contributed by atoms with van der Waals surface area (Å²) in [5.41, 5.74) is 0.716. The Labute approximate surface area is 128 Å². The van der Waals surface area contributed by atoms with E-state index >= 15 is 0 Å². The van der Waals surface area contributed by atoms with E-state index in [1.807, 2.05) is 50.5 Å². The van der Waals surface area contributed by atoms with Crippen LogP contribution in [-0.4, -0.2) is 26.5 Å². The van der Waals surface area contributed by atoms with Gasteiger partial charge in [-0.05, 0) is 24.3 Å². The molecule has 0 aliphatic carbocycles. The van der Waals surface area contributed by atoms with Gasteiger partial charge in [-0.2, -0.15) is 0 Å². The topological polar surface area (TPSA) is 59.8 Å². The molecule has 0 bridgehead atoms. The summed E-state index contributed by atoms with van der Waals surface area (Å²) in [6.45, 7) is 0.478. The number of hydrogen-bond acceptors (Lipinski definition) is 3. The molecule has 0 fully saturated rings. The summed E-state index contributed by atoms with van der Waals surface area (Å²) >= 11 is 0. The highest BCUT2D eigenvalue weighted by Gasteiger charge is 2.22. The summed E-state index contributed by atoms with van der Waals surface area (Å²) in [5, 5.41) is 3.84. The molecule has 0 aliphatic heterocycles. The highest BCUT2D eigenvalue weighted by molar-refractivity contribution is 5.96. The molecule has 0 unspecified atom stereocenters. The number of rotatable bonds is 5. The van der Waals surface area contributed by atoms with Crippen LogP contribution < -0.4 is 10.2 Å². The molecule has 3 rings (SSSR count). The Morgan fingerprint density at radius 3 is 2.73 bits per heavy atom. The minimum atomic E-state index is -0.214. The normalized spacial score (nSPS) is 12.7. The number of quaternary nitrogens is 1. The summed E-state index contributed by atoms with van der Waals surface area (Å²) in [6.07, 6.45) is 1.65. The van der Waals surface area contributed by atoms with Gasteiger partial charge in [0, 0.05) is 5.39 Å². The van der Waals surface area contributed by atoms with Crippen LogP contribution in [0.4, 0.5) is 0 Å². The Kier molecular flexibility index (Phi) is 3.98. The minimum Gasteiger partial charge on any atom is -0.463 e. The van der Waals surface area contributed by atoms with E-state index in [2.05, 4.69) is 5.32 Å². The van der Waals surface area contributed by atoms with E-state index in [0.717, 1.165) is 11.1 Å². The molecule has 1 aromatic carbocycles. The molecule has 1 atom stereocenters. The van der Waals surface area contributed by atoms with Crippen LogP contribution in [0.5, 0.6) is 0 Å². The quantitative estimate of drug-likeness (QED) is 0.753. The van der Waals surface area contributed by atoms with E-state index in [4.69, 9.17) is 8.83 Å². The van der Waals surface area contributed by atoms with Gasteiger partial charge < -0.3 is 19.1 Å². The van der Waals surface area contributed by atoms with Crippen molar-refractivity contribution >= 4 is 16.9 Å². The number of para-hydroxylation sites is 1. The number of nitrogens with one attached hydrogen (secondary N) is 2. The van der Waals surface area contributed by atoms with Gasteiger partial charge in [0.05, 0.1) is 26.9 Å². The van der Waals surface area contributed by atoms with E-state index in [0.29, 0.717) is 17.9 Å². The molecular weight excluding hydrogens is 280 g/mol. The van der Waals surface area contributed by atoms with Gasteiger partial charge in [-0.25, -0.2) is 0 Å². The summed E-state index contributed by atoms with van der Waals surface area (Å²) < 4.78 is 11.0. The number of benzene rings is 1. The first-order chi connectivity index (χ1) is 10.6. The van der Waals surface area contributed by atoms with Gasteiger partial charge in [0.25, 0.3) is 5.91 Å². The molecule has 0 saturated carbocycles.